The minimum absolute atomic E-state index is 0.0339. The van der Waals surface area contributed by atoms with Crippen LogP contribution in [0.25, 0.3) is 0 Å². The van der Waals surface area contributed by atoms with Crippen LogP contribution in [0.2, 0.25) is 0 Å². The number of ketones is 1. The van der Waals surface area contributed by atoms with Gasteiger partial charge in [-0.3, -0.25) is 4.79 Å². The van der Waals surface area contributed by atoms with Crippen molar-refractivity contribution in [2.75, 3.05) is 12.8 Å². The molecule has 2 rings (SSSR count). The maximum absolute atomic E-state index is 14.1. The molecule has 0 atom stereocenters. The van der Waals surface area contributed by atoms with Crippen molar-refractivity contribution in [3.8, 4) is 5.75 Å². The zero-order valence-corrected chi connectivity index (χ0v) is 12.6. The van der Waals surface area contributed by atoms with Gasteiger partial charge in [-0.25, -0.2) is 4.39 Å². The highest BCUT2D eigenvalue weighted by Gasteiger charge is 2.19. The van der Waals surface area contributed by atoms with Gasteiger partial charge in [-0.05, 0) is 58.7 Å². The second-order valence-electron chi connectivity index (χ2n) is 4.37. The van der Waals surface area contributed by atoms with Crippen molar-refractivity contribution in [2.24, 2.45) is 0 Å². The van der Waals surface area contributed by atoms with Crippen LogP contribution in [-0.2, 0) is 0 Å². The lowest BCUT2D eigenvalue weighted by Crippen LogP contribution is -2.07. The number of carbonyl (C=O) groups excluding carboxylic acids is 1. The van der Waals surface area contributed by atoms with Crippen LogP contribution in [0.5, 0.6) is 5.75 Å². The lowest BCUT2D eigenvalue weighted by Gasteiger charge is -2.09. The van der Waals surface area contributed by atoms with Gasteiger partial charge in [0.25, 0.3) is 0 Å². The van der Waals surface area contributed by atoms with Crippen LogP contribution in [0.4, 0.5) is 10.1 Å². The monoisotopic (exact) mass is 337 g/mol. The first-order valence-corrected chi connectivity index (χ1v) is 6.67. The summed E-state index contributed by atoms with van der Waals surface area (Å²) in [7, 11) is 1.53. The van der Waals surface area contributed by atoms with E-state index in [9.17, 15) is 9.18 Å². The average molecular weight is 338 g/mol. The number of rotatable bonds is 3. The molecule has 0 aromatic heterocycles. The first-order valence-electron chi connectivity index (χ1n) is 5.88. The molecular formula is C15H13BrFNO2. The number of aryl methyl sites for hydroxylation is 1. The summed E-state index contributed by atoms with van der Waals surface area (Å²) in [5, 5.41) is 0. The van der Waals surface area contributed by atoms with E-state index in [1.165, 1.54) is 19.2 Å². The van der Waals surface area contributed by atoms with Crippen LogP contribution in [-0.4, -0.2) is 12.9 Å². The molecule has 0 fully saturated rings. The Bertz CT molecular complexity index is 686. The molecule has 20 heavy (non-hydrogen) atoms. The van der Waals surface area contributed by atoms with Gasteiger partial charge in [0.05, 0.1) is 12.7 Å². The lowest BCUT2D eigenvalue weighted by atomic mass is 10.00. The molecule has 0 radical (unpaired) electrons. The van der Waals surface area contributed by atoms with Crippen LogP contribution < -0.4 is 10.5 Å². The third kappa shape index (κ3) is 2.67. The van der Waals surface area contributed by atoms with Crippen molar-refractivity contribution < 1.29 is 13.9 Å². The van der Waals surface area contributed by atoms with E-state index in [2.05, 4.69) is 15.9 Å². The largest absolute Gasteiger partial charge is 0.497 e. The quantitative estimate of drug-likeness (QED) is 0.686. The second-order valence-corrected chi connectivity index (χ2v) is 5.23. The summed E-state index contributed by atoms with van der Waals surface area (Å²) in [4.78, 5) is 12.4. The van der Waals surface area contributed by atoms with E-state index in [0.29, 0.717) is 27.0 Å². The average Bonchev–Trinajstić information content (AvgIpc) is 2.41. The summed E-state index contributed by atoms with van der Waals surface area (Å²) in [5.74, 6) is -0.364. The molecule has 2 aromatic rings. The van der Waals surface area contributed by atoms with E-state index in [4.69, 9.17) is 10.5 Å². The van der Waals surface area contributed by atoms with Crippen LogP contribution in [0.3, 0.4) is 0 Å². The predicted molar refractivity (Wildman–Crippen MR) is 79.7 cm³/mol. The minimum atomic E-state index is -0.549. The highest BCUT2D eigenvalue weighted by atomic mass is 79.9. The topological polar surface area (TPSA) is 52.3 Å². The summed E-state index contributed by atoms with van der Waals surface area (Å²) in [5.41, 5.74) is 6.70. The van der Waals surface area contributed by atoms with Gasteiger partial charge in [-0.15, -0.1) is 0 Å². The van der Waals surface area contributed by atoms with Gasteiger partial charge in [0.15, 0.2) is 5.78 Å². The van der Waals surface area contributed by atoms with Crippen molar-refractivity contribution in [3.05, 3.63) is 57.3 Å². The van der Waals surface area contributed by atoms with Crippen LogP contribution in [0, 0.1) is 12.7 Å². The number of nitrogens with two attached hydrogens (primary N) is 1. The van der Waals surface area contributed by atoms with Crippen LogP contribution in [0.15, 0.2) is 34.8 Å². The number of anilines is 1. The number of hydrogen-bond donors (Lipinski definition) is 1. The van der Waals surface area contributed by atoms with E-state index < -0.39 is 11.6 Å². The van der Waals surface area contributed by atoms with Crippen molar-refractivity contribution in [1.82, 2.24) is 0 Å². The first kappa shape index (κ1) is 14.5. The molecule has 0 amide bonds. The molecule has 3 nitrogen and oxygen atoms in total. The minimum Gasteiger partial charge on any atom is -0.497 e. The van der Waals surface area contributed by atoms with E-state index in [0.717, 1.165) is 0 Å². The molecule has 2 N–H and O–H groups in total. The Kier molecular flexibility index (Phi) is 4.09. The predicted octanol–water partition coefficient (Wildman–Crippen LogP) is 3.72. The number of nitrogen functional groups attached to an aromatic ring is 1. The van der Waals surface area contributed by atoms with Crippen molar-refractivity contribution in [2.45, 2.75) is 6.92 Å². The van der Waals surface area contributed by atoms with E-state index in [-0.39, 0.29) is 5.56 Å². The second kappa shape index (κ2) is 5.63. The SMILES string of the molecule is COc1ccc(C(=O)c2cc(N)cc(C)c2F)c(Br)c1. The Morgan fingerprint density at radius 1 is 1.25 bits per heavy atom. The Balaban J connectivity index is 2.52. The number of hydrogen-bond acceptors (Lipinski definition) is 3. The van der Waals surface area contributed by atoms with Gasteiger partial charge in [-0.2, -0.15) is 0 Å². The zero-order valence-electron chi connectivity index (χ0n) is 11.0. The Morgan fingerprint density at radius 3 is 2.55 bits per heavy atom. The summed E-state index contributed by atoms with van der Waals surface area (Å²) in [6, 6.07) is 7.74. The summed E-state index contributed by atoms with van der Waals surface area (Å²) in [6.07, 6.45) is 0. The molecule has 0 aliphatic carbocycles. The highest BCUT2D eigenvalue weighted by Crippen LogP contribution is 2.27. The Morgan fingerprint density at radius 2 is 1.95 bits per heavy atom. The van der Waals surface area contributed by atoms with Gasteiger partial charge in [-0.1, -0.05) is 0 Å². The van der Waals surface area contributed by atoms with Crippen molar-refractivity contribution >= 4 is 27.4 Å². The van der Waals surface area contributed by atoms with Crippen molar-refractivity contribution in [1.29, 1.82) is 0 Å². The molecule has 0 bridgehead atoms. The summed E-state index contributed by atoms with van der Waals surface area (Å²) < 4.78 is 19.7. The normalized spacial score (nSPS) is 10.4. The standard InChI is InChI=1S/C15H13BrFNO2/c1-8-5-9(18)6-12(14(8)17)15(19)11-4-3-10(20-2)7-13(11)16/h3-7H,18H2,1-2H3. The molecule has 104 valence electrons. The molecule has 0 aliphatic heterocycles. The first-order chi connectivity index (χ1) is 9.43. The lowest BCUT2D eigenvalue weighted by molar-refractivity contribution is 0.103. The van der Waals surface area contributed by atoms with Crippen LogP contribution >= 0.6 is 15.9 Å². The third-order valence-electron chi connectivity index (χ3n) is 2.94. The smallest absolute Gasteiger partial charge is 0.197 e. The fraction of sp³-hybridized carbons (Fsp3) is 0.133. The van der Waals surface area contributed by atoms with Crippen molar-refractivity contribution in [3.63, 3.8) is 0 Å². The molecule has 0 aliphatic rings. The zero-order chi connectivity index (χ0) is 14.9. The van der Waals surface area contributed by atoms with Gasteiger partial charge in [0, 0.05) is 15.7 Å². The molecule has 5 heteroatoms. The Hall–Kier alpha value is -1.88. The van der Waals surface area contributed by atoms with Gasteiger partial charge >= 0.3 is 0 Å². The molecule has 0 spiro atoms. The maximum atomic E-state index is 14.1. The van der Waals surface area contributed by atoms with E-state index in [1.54, 1.807) is 25.1 Å². The van der Waals surface area contributed by atoms with Crippen LogP contribution in [0.1, 0.15) is 21.5 Å². The summed E-state index contributed by atoms with van der Waals surface area (Å²) >= 11 is 3.29. The van der Waals surface area contributed by atoms with Gasteiger partial charge < -0.3 is 10.5 Å². The number of benzene rings is 2. The molecule has 2 aromatic carbocycles. The molecule has 0 heterocycles. The fourth-order valence-corrected chi connectivity index (χ4v) is 2.45. The van der Waals surface area contributed by atoms with Gasteiger partial charge in [0.2, 0.25) is 0 Å². The van der Waals surface area contributed by atoms with Gasteiger partial charge in [0.1, 0.15) is 11.6 Å². The number of ether oxygens (including phenoxy) is 1. The highest BCUT2D eigenvalue weighted by molar-refractivity contribution is 9.10. The number of methoxy groups -OCH3 is 1. The number of carbonyl (C=O) groups is 1. The molecule has 0 unspecified atom stereocenters. The number of halogens is 2. The maximum Gasteiger partial charge on any atom is 0.197 e. The molecule has 0 saturated heterocycles. The molecule has 0 saturated carbocycles. The fourth-order valence-electron chi connectivity index (χ4n) is 1.91. The van der Waals surface area contributed by atoms with E-state index in [1.807, 2.05) is 0 Å². The third-order valence-corrected chi connectivity index (χ3v) is 3.60. The molecular weight excluding hydrogens is 325 g/mol. The summed E-state index contributed by atoms with van der Waals surface area (Å²) in [6.45, 7) is 1.57. The Labute approximate surface area is 124 Å². The van der Waals surface area contributed by atoms with E-state index >= 15 is 0 Å².